The fourth-order valence-electron chi connectivity index (χ4n) is 2.53. The average molecular weight is 349 g/mol. The fraction of sp³-hybridized carbons (Fsp3) is 0.353. The number of rotatable bonds is 6. The Morgan fingerprint density at radius 2 is 1.96 bits per heavy atom. The van der Waals surface area contributed by atoms with Crippen LogP contribution < -0.4 is 10.5 Å². The summed E-state index contributed by atoms with van der Waals surface area (Å²) in [5, 5.41) is 18.2. The van der Waals surface area contributed by atoms with E-state index < -0.39 is 10.0 Å². The number of nitrogens with two attached hydrogens (primary N) is 1. The summed E-state index contributed by atoms with van der Waals surface area (Å²) in [4.78, 5) is 4.30. The maximum absolute atomic E-state index is 12.0. The molecule has 1 heterocycles. The maximum Gasteiger partial charge on any atom is 0.238 e. The number of hydrogen-bond acceptors (Lipinski definition) is 5. The number of pyridine rings is 1. The molecular formula is C17H23N3O3S. The third-order valence-electron chi connectivity index (χ3n) is 4.00. The highest BCUT2D eigenvalue weighted by molar-refractivity contribution is 7.89. The summed E-state index contributed by atoms with van der Waals surface area (Å²) in [6, 6.07) is 8.31. The van der Waals surface area contributed by atoms with Crippen LogP contribution in [0, 0.1) is 12.8 Å². The normalized spacial score (nSPS) is 13.1. The standard InChI is InChI=1S/C17H23N3O3S/c1-11(2)15(10-21)20-13-7-8-16(24(18,22)23)17(12(13)3)14-6-4-5-9-19-14/h4-9,11,15,20-21H,10H2,1-3H3,(H2,18,22,23)/t15-/m0/s1. The van der Waals surface area contributed by atoms with Crippen LogP contribution in [0.5, 0.6) is 0 Å². The number of nitrogens with one attached hydrogen (secondary N) is 1. The van der Waals surface area contributed by atoms with E-state index in [0.29, 0.717) is 11.3 Å². The van der Waals surface area contributed by atoms with Crippen LogP contribution in [-0.2, 0) is 10.0 Å². The first-order valence-electron chi connectivity index (χ1n) is 7.71. The lowest BCUT2D eigenvalue weighted by molar-refractivity contribution is 0.249. The Labute approximate surface area is 142 Å². The van der Waals surface area contributed by atoms with Crippen LogP contribution in [-0.4, -0.2) is 31.2 Å². The molecule has 0 aliphatic heterocycles. The number of anilines is 1. The molecule has 0 aliphatic carbocycles. The van der Waals surface area contributed by atoms with Crippen molar-refractivity contribution in [1.82, 2.24) is 4.98 Å². The quantitative estimate of drug-likeness (QED) is 0.741. The largest absolute Gasteiger partial charge is 0.394 e. The van der Waals surface area contributed by atoms with Gasteiger partial charge in [0, 0.05) is 17.4 Å². The molecular weight excluding hydrogens is 326 g/mol. The number of aromatic nitrogens is 1. The molecule has 1 aromatic carbocycles. The Morgan fingerprint density at radius 3 is 2.46 bits per heavy atom. The molecule has 0 saturated heterocycles. The van der Waals surface area contributed by atoms with Gasteiger partial charge in [-0.25, -0.2) is 13.6 Å². The monoisotopic (exact) mass is 349 g/mol. The van der Waals surface area contributed by atoms with Crippen LogP contribution in [0.25, 0.3) is 11.3 Å². The highest BCUT2D eigenvalue weighted by Gasteiger charge is 2.21. The van der Waals surface area contributed by atoms with E-state index in [9.17, 15) is 13.5 Å². The Morgan fingerprint density at radius 1 is 1.25 bits per heavy atom. The van der Waals surface area contributed by atoms with Crippen molar-refractivity contribution in [3.8, 4) is 11.3 Å². The van der Waals surface area contributed by atoms with Crippen molar-refractivity contribution in [2.45, 2.75) is 31.7 Å². The molecule has 0 amide bonds. The predicted octanol–water partition coefficient (Wildman–Crippen LogP) is 2.13. The van der Waals surface area contributed by atoms with Crippen LogP contribution >= 0.6 is 0 Å². The van der Waals surface area contributed by atoms with Crippen LogP contribution in [0.4, 0.5) is 5.69 Å². The number of benzene rings is 1. The zero-order valence-corrected chi connectivity index (χ0v) is 14.8. The van der Waals surface area contributed by atoms with E-state index in [1.165, 1.54) is 6.07 Å². The lowest BCUT2D eigenvalue weighted by atomic mass is 10.0. The molecule has 6 nitrogen and oxygen atoms in total. The molecule has 0 saturated carbocycles. The molecule has 1 aromatic heterocycles. The Hall–Kier alpha value is -1.96. The van der Waals surface area contributed by atoms with Gasteiger partial charge in [-0.3, -0.25) is 4.98 Å². The zero-order valence-electron chi connectivity index (χ0n) is 14.0. The molecule has 0 aliphatic rings. The van der Waals surface area contributed by atoms with E-state index in [1.807, 2.05) is 20.8 Å². The number of primary sulfonamides is 1. The molecule has 2 rings (SSSR count). The second-order valence-corrected chi connectivity index (χ2v) is 7.58. The molecule has 0 bridgehead atoms. The lowest BCUT2D eigenvalue weighted by Crippen LogP contribution is -2.30. The van der Waals surface area contributed by atoms with E-state index in [2.05, 4.69) is 10.3 Å². The summed E-state index contributed by atoms with van der Waals surface area (Å²) in [5.74, 6) is 0.214. The van der Waals surface area contributed by atoms with Crippen molar-refractivity contribution < 1.29 is 13.5 Å². The van der Waals surface area contributed by atoms with Gasteiger partial charge in [-0.1, -0.05) is 19.9 Å². The van der Waals surface area contributed by atoms with Crippen molar-refractivity contribution >= 4 is 15.7 Å². The van der Waals surface area contributed by atoms with Crippen LogP contribution in [0.3, 0.4) is 0 Å². The smallest absolute Gasteiger partial charge is 0.238 e. The average Bonchev–Trinajstić information content (AvgIpc) is 2.53. The molecule has 0 spiro atoms. The minimum atomic E-state index is -3.89. The van der Waals surface area contributed by atoms with Crippen molar-refractivity contribution in [3.05, 3.63) is 42.1 Å². The highest BCUT2D eigenvalue weighted by Crippen LogP contribution is 2.33. The first-order valence-corrected chi connectivity index (χ1v) is 9.25. The van der Waals surface area contributed by atoms with E-state index in [0.717, 1.165) is 11.3 Å². The van der Waals surface area contributed by atoms with Crippen molar-refractivity contribution in [3.63, 3.8) is 0 Å². The Bertz CT molecular complexity index is 805. The second kappa shape index (κ2) is 7.29. The molecule has 130 valence electrons. The van der Waals surface area contributed by atoms with Crippen LogP contribution in [0.15, 0.2) is 41.4 Å². The van der Waals surface area contributed by atoms with E-state index in [1.54, 1.807) is 30.5 Å². The van der Waals surface area contributed by atoms with Gasteiger partial charge < -0.3 is 10.4 Å². The minimum Gasteiger partial charge on any atom is -0.394 e. The van der Waals surface area contributed by atoms with Gasteiger partial charge in [0.05, 0.1) is 23.2 Å². The zero-order chi connectivity index (χ0) is 17.9. The van der Waals surface area contributed by atoms with Gasteiger partial charge in [-0.2, -0.15) is 0 Å². The van der Waals surface area contributed by atoms with Crippen molar-refractivity contribution in [1.29, 1.82) is 0 Å². The van der Waals surface area contributed by atoms with Crippen molar-refractivity contribution in [2.24, 2.45) is 11.1 Å². The number of sulfonamides is 1. The Kier molecular flexibility index (Phi) is 5.58. The first kappa shape index (κ1) is 18.4. The molecule has 4 N–H and O–H groups in total. The summed E-state index contributed by atoms with van der Waals surface area (Å²) in [6.45, 7) is 5.80. The van der Waals surface area contributed by atoms with Crippen LogP contribution in [0.1, 0.15) is 19.4 Å². The number of nitrogens with zero attached hydrogens (tertiary/aromatic N) is 1. The SMILES string of the molecule is Cc1c(N[C@@H](CO)C(C)C)ccc(S(N)(=O)=O)c1-c1ccccn1. The number of aliphatic hydroxyl groups excluding tert-OH is 1. The lowest BCUT2D eigenvalue weighted by Gasteiger charge is -2.24. The van der Waals surface area contributed by atoms with Crippen LogP contribution in [0.2, 0.25) is 0 Å². The van der Waals surface area contributed by atoms with E-state index in [-0.39, 0.29) is 23.5 Å². The van der Waals surface area contributed by atoms with E-state index in [4.69, 9.17) is 5.14 Å². The van der Waals surface area contributed by atoms with Gasteiger partial charge >= 0.3 is 0 Å². The molecule has 2 aromatic rings. The molecule has 1 atom stereocenters. The molecule has 0 radical (unpaired) electrons. The van der Waals surface area contributed by atoms with Gasteiger partial charge in [0.2, 0.25) is 10.0 Å². The topological polar surface area (TPSA) is 105 Å². The van der Waals surface area contributed by atoms with Gasteiger partial charge in [0.1, 0.15) is 0 Å². The molecule has 24 heavy (non-hydrogen) atoms. The third kappa shape index (κ3) is 3.92. The Balaban J connectivity index is 2.63. The highest BCUT2D eigenvalue weighted by atomic mass is 32.2. The summed E-state index contributed by atoms with van der Waals surface area (Å²) in [5.41, 5.74) is 2.48. The summed E-state index contributed by atoms with van der Waals surface area (Å²) < 4.78 is 23.9. The van der Waals surface area contributed by atoms with Gasteiger partial charge in [-0.15, -0.1) is 0 Å². The molecule has 0 fully saturated rings. The predicted molar refractivity (Wildman–Crippen MR) is 95.1 cm³/mol. The second-order valence-electron chi connectivity index (χ2n) is 6.05. The minimum absolute atomic E-state index is 0.0209. The van der Waals surface area contributed by atoms with Gasteiger partial charge in [0.15, 0.2) is 0 Å². The number of hydrogen-bond donors (Lipinski definition) is 3. The molecule has 0 unspecified atom stereocenters. The third-order valence-corrected chi connectivity index (χ3v) is 4.95. The molecule has 7 heteroatoms. The van der Waals surface area contributed by atoms with Crippen molar-refractivity contribution in [2.75, 3.05) is 11.9 Å². The van der Waals surface area contributed by atoms with Gasteiger partial charge in [0.25, 0.3) is 0 Å². The fourth-order valence-corrected chi connectivity index (χ4v) is 3.33. The maximum atomic E-state index is 12.0. The van der Waals surface area contributed by atoms with Gasteiger partial charge in [-0.05, 0) is 42.7 Å². The first-order chi connectivity index (χ1) is 11.3. The summed E-state index contributed by atoms with van der Waals surface area (Å²) in [6.07, 6.45) is 1.60. The summed E-state index contributed by atoms with van der Waals surface area (Å²) >= 11 is 0. The number of aliphatic hydroxyl groups is 1. The summed E-state index contributed by atoms with van der Waals surface area (Å²) in [7, 11) is -3.89. The van der Waals surface area contributed by atoms with E-state index >= 15 is 0 Å².